The maximum absolute atomic E-state index is 11.5. The molecule has 3 nitrogen and oxygen atoms in total. The SMILES string of the molecule is CCCCC1OC(=O)c2cccc(N)c21. The molecule has 1 aliphatic heterocycles. The Morgan fingerprint density at radius 1 is 1.47 bits per heavy atom. The van der Waals surface area contributed by atoms with Crippen molar-refractivity contribution in [1.29, 1.82) is 0 Å². The molecule has 0 amide bonds. The van der Waals surface area contributed by atoms with Crippen LogP contribution in [0.15, 0.2) is 18.2 Å². The number of ether oxygens (including phenoxy) is 1. The fourth-order valence-electron chi connectivity index (χ4n) is 1.96. The van der Waals surface area contributed by atoms with E-state index in [2.05, 4.69) is 6.92 Å². The van der Waals surface area contributed by atoms with E-state index in [-0.39, 0.29) is 12.1 Å². The number of nitrogen functional groups attached to an aromatic ring is 1. The van der Waals surface area contributed by atoms with Gasteiger partial charge in [-0.15, -0.1) is 0 Å². The van der Waals surface area contributed by atoms with Gasteiger partial charge in [0, 0.05) is 11.3 Å². The zero-order valence-corrected chi connectivity index (χ0v) is 8.82. The van der Waals surface area contributed by atoms with E-state index in [1.165, 1.54) is 0 Å². The Kier molecular flexibility index (Phi) is 2.62. The van der Waals surface area contributed by atoms with Crippen LogP contribution in [0.4, 0.5) is 5.69 Å². The van der Waals surface area contributed by atoms with Gasteiger partial charge in [0.2, 0.25) is 0 Å². The Morgan fingerprint density at radius 3 is 3.00 bits per heavy atom. The van der Waals surface area contributed by atoms with E-state index in [0.717, 1.165) is 24.8 Å². The standard InChI is InChI=1S/C12H15NO2/c1-2-3-7-10-11-8(12(14)15-10)5-4-6-9(11)13/h4-6,10H,2-3,7,13H2,1H3. The first kappa shape index (κ1) is 10.0. The number of cyclic esters (lactones) is 1. The lowest BCUT2D eigenvalue weighted by Gasteiger charge is -2.11. The first-order chi connectivity index (χ1) is 7.24. The summed E-state index contributed by atoms with van der Waals surface area (Å²) in [6, 6.07) is 5.39. The Labute approximate surface area is 89.2 Å². The molecule has 1 aliphatic rings. The maximum atomic E-state index is 11.5. The normalized spacial score (nSPS) is 18.7. The van der Waals surface area contributed by atoms with Gasteiger partial charge in [-0.3, -0.25) is 0 Å². The predicted octanol–water partition coefficient (Wildman–Crippen LogP) is 2.67. The first-order valence-corrected chi connectivity index (χ1v) is 5.33. The Bertz CT molecular complexity index is 387. The number of hydrogen-bond donors (Lipinski definition) is 1. The lowest BCUT2D eigenvalue weighted by atomic mass is 9.99. The van der Waals surface area contributed by atoms with Crippen LogP contribution in [0.2, 0.25) is 0 Å². The van der Waals surface area contributed by atoms with E-state index in [1.54, 1.807) is 12.1 Å². The van der Waals surface area contributed by atoms with Crippen molar-refractivity contribution < 1.29 is 9.53 Å². The number of rotatable bonds is 3. The minimum Gasteiger partial charge on any atom is -0.454 e. The second-order valence-corrected chi connectivity index (χ2v) is 3.84. The predicted molar refractivity (Wildman–Crippen MR) is 58.5 cm³/mol. The average Bonchev–Trinajstić information content (AvgIpc) is 2.55. The summed E-state index contributed by atoms with van der Waals surface area (Å²) in [5.74, 6) is -0.238. The van der Waals surface area contributed by atoms with Crippen LogP contribution in [0, 0.1) is 0 Å². The van der Waals surface area contributed by atoms with Crippen molar-refractivity contribution in [3.63, 3.8) is 0 Å². The molecule has 80 valence electrons. The molecule has 3 heteroatoms. The molecule has 0 saturated heterocycles. The Hall–Kier alpha value is -1.51. The molecule has 1 atom stereocenters. The fraction of sp³-hybridized carbons (Fsp3) is 0.417. The summed E-state index contributed by atoms with van der Waals surface area (Å²) in [5.41, 5.74) is 8.05. The van der Waals surface area contributed by atoms with Gasteiger partial charge < -0.3 is 10.5 Å². The lowest BCUT2D eigenvalue weighted by molar-refractivity contribution is 0.0365. The number of benzene rings is 1. The van der Waals surface area contributed by atoms with Gasteiger partial charge in [-0.1, -0.05) is 19.4 Å². The zero-order valence-electron chi connectivity index (χ0n) is 8.82. The molecular weight excluding hydrogens is 190 g/mol. The highest BCUT2D eigenvalue weighted by Gasteiger charge is 2.31. The molecule has 0 spiro atoms. The van der Waals surface area contributed by atoms with Crippen molar-refractivity contribution in [3.05, 3.63) is 29.3 Å². The second-order valence-electron chi connectivity index (χ2n) is 3.84. The summed E-state index contributed by atoms with van der Waals surface area (Å²) < 4.78 is 5.30. The minimum atomic E-state index is -0.238. The van der Waals surface area contributed by atoms with E-state index in [0.29, 0.717) is 11.3 Å². The molecule has 0 bridgehead atoms. The molecule has 1 aromatic carbocycles. The first-order valence-electron chi connectivity index (χ1n) is 5.33. The maximum Gasteiger partial charge on any atom is 0.339 e. The number of unbranched alkanes of at least 4 members (excludes halogenated alkanes) is 1. The van der Waals surface area contributed by atoms with Crippen LogP contribution in [0.1, 0.15) is 48.2 Å². The van der Waals surface area contributed by atoms with Gasteiger partial charge in [0.1, 0.15) is 6.10 Å². The quantitative estimate of drug-likeness (QED) is 0.609. The van der Waals surface area contributed by atoms with Gasteiger partial charge in [-0.2, -0.15) is 0 Å². The fourth-order valence-corrected chi connectivity index (χ4v) is 1.96. The molecule has 0 radical (unpaired) electrons. The minimum absolute atomic E-state index is 0.131. The summed E-state index contributed by atoms with van der Waals surface area (Å²) in [7, 11) is 0. The summed E-state index contributed by atoms with van der Waals surface area (Å²) in [6.45, 7) is 2.12. The third-order valence-electron chi connectivity index (χ3n) is 2.75. The van der Waals surface area contributed by atoms with Crippen molar-refractivity contribution in [3.8, 4) is 0 Å². The van der Waals surface area contributed by atoms with Crippen LogP contribution < -0.4 is 5.73 Å². The number of nitrogens with two attached hydrogens (primary N) is 1. The number of carbonyl (C=O) groups is 1. The van der Waals surface area contributed by atoms with E-state index in [1.807, 2.05) is 6.07 Å². The molecule has 1 aromatic rings. The molecule has 0 saturated carbocycles. The van der Waals surface area contributed by atoms with Crippen molar-refractivity contribution in [2.45, 2.75) is 32.3 Å². The zero-order chi connectivity index (χ0) is 10.8. The molecule has 2 rings (SSSR count). The van der Waals surface area contributed by atoms with E-state index >= 15 is 0 Å². The van der Waals surface area contributed by atoms with Gasteiger partial charge in [-0.05, 0) is 25.0 Å². The van der Waals surface area contributed by atoms with Crippen molar-refractivity contribution in [2.75, 3.05) is 5.73 Å². The van der Waals surface area contributed by atoms with Crippen LogP contribution in [0.5, 0.6) is 0 Å². The molecule has 1 heterocycles. The van der Waals surface area contributed by atoms with Gasteiger partial charge in [0.15, 0.2) is 0 Å². The largest absolute Gasteiger partial charge is 0.454 e. The Morgan fingerprint density at radius 2 is 2.27 bits per heavy atom. The van der Waals surface area contributed by atoms with Crippen molar-refractivity contribution in [2.24, 2.45) is 0 Å². The smallest absolute Gasteiger partial charge is 0.339 e. The van der Waals surface area contributed by atoms with E-state index < -0.39 is 0 Å². The molecule has 0 fully saturated rings. The molecule has 2 N–H and O–H groups in total. The third-order valence-corrected chi connectivity index (χ3v) is 2.75. The van der Waals surface area contributed by atoms with Crippen molar-refractivity contribution >= 4 is 11.7 Å². The molecule has 1 unspecified atom stereocenters. The van der Waals surface area contributed by atoms with E-state index in [4.69, 9.17) is 10.5 Å². The number of carbonyl (C=O) groups excluding carboxylic acids is 1. The van der Waals surface area contributed by atoms with Gasteiger partial charge in [0.05, 0.1) is 5.56 Å². The molecular formula is C12H15NO2. The van der Waals surface area contributed by atoms with Gasteiger partial charge in [-0.25, -0.2) is 4.79 Å². The van der Waals surface area contributed by atoms with Crippen molar-refractivity contribution in [1.82, 2.24) is 0 Å². The average molecular weight is 205 g/mol. The second kappa shape index (κ2) is 3.93. The summed E-state index contributed by atoms with van der Waals surface area (Å²) in [6.07, 6.45) is 2.87. The molecule has 15 heavy (non-hydrogen) atoms. The van der Waals surface area contributed by atoms with E-state index in [9.17, 15) is 4.79 Å². The highest BCUT2D eigenvalue weighted by molar-refractivity contribution is 5.95. The van der Waals surface area contributed by atoms with Crippen LogP contribution in [0.3, 0.4) is 0 Å². The van der Waals surface area contributed by atoms with Crippen LogP contribution >= 0.6 is 0 Å². The summed E-state index contributed by atoms with van der Waals surface area (Å²) in [4.78, 5) is 11.5. The summed E-state index contributed by atoms with van der Waals surface area (Å²) in [5, 5.41) is 0. The molecule has 0 aliphatic carbocycles. The monoisotopic (exact) mass is 205 g/mol. The Balaban J connectivity index is 2.31. The third kappa shape index (κ3) is 1.69. The lowest BCUT2D eigenvalue weighted by Crippen LogP contribution is -2.00. The van der Waals surface area contributed by atoms with Crippen LogP contribution in [-0.2, 0) is 4.74 Å². The number of fused-ring (bicyclic) bond motifs is 1. The number of anilines is 1. The van der Waals surface area contributed by atoms with Gasteiger partial charge >= 0.3 is 5.97 Å². The topological polar surface area (TPSA) is 52.3 Å². The number of esters is 1. The summed E-state index contributed by atoms with van der Waals surface area (Å²) >= 11 is 0. The highest BCUT2D eigenvalue weighted by Crippen LogP contribution is 2.37. The van der Waals surface area contributed by atoms with Crippen LogP contribution in [0.25, 0.3) is 0 Å². The van der Waals surface area contributed by atoms with Gasteiger partial charge in [0.25, 0.3) is 0 Å². The van der Waals surface area contributed by atoms with Crippen LogP contribution in [-0.4, -0.2) is 5.97 Å². The molecule has 0 aromatic heterocycles. The number of hydrogen-bond acceptors (Lipinski definition) is 3. The highest BCUT2D eigenvalue weighted by atomic mass is 16.5.